The van der Waals surface area contributed by atoms with Crippen LogP contribution in [0.3, 0.4) is 0 Å². The van der Waals surface area contributed by atoms with Gasteiger partial charge in [0, 0.05) is 33.3 Å². The number of hydrogen-bond acceptors (Lipinski definition) is 6. The van der Waals surface area contributed by atoms with Gasteiger partial charge in [0.25, 0.3) is 0 Å². The molecule has 1 aromatic carbocycles. The number of nitrogens with zero attached hydrogens (tertiary/aromatic N) is 3. The molecule has 1 aromatic rings. The van der Waals surface area contributed by atoms with Crippen molar-refractivity contribution in [2.45, 2.75) is 51.6 Å². The highest BCUT2D eigenvalue weighted by atomic mass is 16.2. The van der Waals surface area contributed by atoms with Crippen molar-refractivity contribution in [1.82, 2.24) is 15.1 Å². The van der Waals surface area contributed by atoms with Crippen molar-refractivity contribution in [3.05, 3.63) is 35.4 Å². The molecule has 0 aliphatic rings. The Hall–Kier alpha value is -4.16. The molecule has 0 aromatic heterocycles. The Bertz CT molecular complexity index is 1050. The minimum Gasteiger partial charge on any atom is -0.384 e. The predicted octanol–water partition coefficient (Wildman–Crippen LogP) is -0.886. The van der Waals surface area contributed by atoms with E-state index in [0.29, 0.717) is 24.0 Å². The Balaban J connectivity index is 3.22. The van der Waals surface area contributed by atoms with Gasteiger partial charge in [-0.05, 0) is 30.7 Å². The minimum absolute atomic E-state index is 0.0803. The number of amidine groups is 1. The summed E-state index contributed by atoms with van der Waals surface area (Å²) in [4.78, 5) is 58.8. The van der Waals surface area contributed by atoms with E-state index in [1.165, 1.54) is 16.8 Å². The van der Waals surface area contributed by atoms with E-state index in [1.54, 1.807) is 38.4 Å². The van der Waals surface area contributed by atoms with Crippen molar-refractivity contribution in [3.63, 3.8) is 0 Å². The summed E-state index contributed by atoms with van der Waals surface area (Å²) < 4.78 is 0. The summed E-state index contributed by atoms with van der Waals surface area (Å²) in [6.45, 7) is 3.95. The molecule has 39 heavy (non-hydrogen) atoms. The van der Waals surface area contributed by atoms with E-state index in [9.17, 15) is 19.2 Å². The zero-order chi connectivity index (χ0) is 29.9. The molecule has 216 valence electrons. The van der Waals surface area contributed by atoms with Gasteiger partial charge >= 0.3 is 0 Å². The average Bonchev–Trinajstić information content (AvgIpc) is 2.87. The average molecular weight is 546 g/mol. The lowest BCUT2D eigenvalue weighted by atomic mass is 9.92. The molecule has 13 heteroatoms. The molecule has 3 unspecified atom stereocenters. The maximum Gasteiger partial charge on any atom is 0.243 e. The number of benzene rings is 1. The van der Waals surface area contributed by atoms with Gasteiger partial charge in [-0.25, -0.2) is 0 Å². The first-order valence-corrected chi connectivity index (χ1v) is 12.8. The molecule has 0 bridgehead atoms. The van der Waals surface area contributed by atoms with Crippen LogP contribution in [-0.2, 0) is 25.6 Å². The summed E-state index contributed by atoms with van der Waals surface area (Å²) in [6, 6.07) is 4.77. The Labute approximate surface area is 229 Å². The fourth-order valence-electron chi connectivity index (χ4n) is 4.12. The number of likely N-dealkylation sites (N-methyl/N-ethyl adjacent to an activating group) is 1. The van der Waals surface area contributed by atoms with E-state index in [0.717, 1.165) is 0 Å². The van der Waals surface area contributed by atoms with Crippen LogP contribution in [0.25, 0.3) is 0 Å². The molecular weight excluding hydrogens is 502 g/mol. The summed E-state index contributed by atoms with van der Waals surface area (Å²) in [5.74, 6) is -3.78. The van der Waals surface area contributed by atoms with Gasteiger partial charge in [-0.2, -0.15) is 0 Å². The first-order chi connectivity index (χ1) is 18.2. The summed E-state index contributed by atoms with van der Waals surface area (Å²) in [6.07, 6.45) is 1.25. The lowest BCUT2D eigenvalue weighted by Crippen LogP contribution is -2.57. The number of nitrogens with two attached hydrogens (primary N) is 4. The second-order valence-corrected chi connectivity index (χ2v) is 9.79. The highest BCUT2D eigenvalue weighted by Gasteiger charge is 2.38. The predicted molar refractivity (Wildman–Crippen MR) is 150 cm³/mol. The summed E-state index contributed by atoms with van der Waals surface area (Å²) in [5, 5.41) is 10.2. The third-order valence-electron chi connectivity index (χ3n) is 6.56. The summed E-state index contributed by atoms with van der Waals surface area (Å²) >= 11 is 0. The topological polar surface area (TPSA) is 227 Å². The SMILES string of the molecule is CCC(C)C(C(=O)N[C@@H](CCCN=C(N)N)C(N)=O)N(C)C(=O)C(Cc1ccc(C(=N)N)cc1)C(=O)N(C)C. The third kappa shape index (κ3) is 9.91. The Kier molecular flexibility index (Phi) is 12.9. The highest BCUT2D eigenvalue weighted by molar-refractivity contribution is 6.02. The van der Waals surface area contributed by atoms with Crippen molar-refractivity contribution < 1.29 is 19.2 Å². The van der Waals surface area contributed by atoms with Crippen LogP contribution in [0.5, 0.6) is 0 Å². The lowest BCUT2D eigenvalue weighted by Gasteiger charge is -2.35. The summed E-state index contributed by atoms with van der Waals surface area (Å²) in [7, 11) is 4.59. The molecule has 0 aliphatic heterocycles. The maximum atomic E-state index is 13.7. The van der Waals surface area contributed by atoms with Crippen LogP contribution in [0.15, 0.2) is 29.3 Å². The maximum absolute atomic E-state index is 13.7. The van der Waals surface area contributed by atoms with Crippen LogP contribution in [0.2, 0.25) is 0 Å². The first kappa shape index (κ1) is 32.9. The number of amides is 4. The highest BCUT2D eigenvalue weighted by Crippen LogP contribution is 2.21. The van der Waals surface area contributed by atoms with Crippen molar-refractivity contribution in [2.75, 3.05) is 27.7 Å². The molecule has 13 nitrogen and oxygen atoms in total. The molecule has 0 aliphatic carbocycles. The van der Waals surface area contributed by atoms with Gasteiger partial charge in [0.15, 0.2) is 5.96 Å². The molecule has 0 radical (unpaired) electrons. The number of hydrogen-bond donors (Lipinski definition) is 6. The number of nitrogens with one attached hydrogen (secondary N) is 2. The van der Waals surface area contributed by atoms with Crippen LogP contribution in [0, 0.1) is 17.2 Å². The van der Waals surface area contributed by atoms with Crippen LogP contribution >= 0.6 is 0 Å². The molecule has 0 spiro atoms. The fourth-order valence-corrected chi connectivity index (χ4v) is 4.12. The van der Waals surface area contributed by atoms with Crippen LogP contribution < -0.4 is 28.3 Å². The molecule has 10 N–H and O–H groups in total. The number of aliphatic imine (C=N–C) groups is 1. The van der Waals surface area contributed by atoms with Crippen LogP contribution in [0.1, 0.15) is 44.2 Å². The van der Waals surface area contributed by atoms with Gasteiger partial charge in [-0.1, -0.05) is 44.5 Å². The summed E-state index contributed by atoms with van der Waals surface area (Å²) in [5.41, 5.74) is 22.9. The molecule has 1 rings (SSSR count). The largest absolute Gasteiger partial charge is 0.384 e. The van der Waals surface area contributed by atoms with Crippen molar-refractivity contribution in [3.8, 4) is 0 Å². The van der Waals surface area contributed by atoms with E-state index in [-0.39, 0.29) is 37.1 Å². The van der Waals surface area contributed by atoms with Gasteiger partial charge in [-0.15, -0.1) is 0 Å². The minimum atomic E-state index is -1.10. The third-order valence-corrected chi connectivity index (χ3v) is 6.56. The van der Waals surface area contributed by atoms with Gasteiger partial charge in [0.2, 0.25) is 23.6 Å². The second kappa shape index (κ2) is 15.3. The Morgan fingerprint density at radius 1 is 1.00 bits per heavy atom. The van der Waals surface area contributed by atoms with Crippen molar-refractivity contribution >= 4 is 35.4 Å². The monoisotopic (exact) mass is 545 g/mol. The smallest absolute Gasteiger partial charge is 0.243 e. The number of carbonyl (C=O) groups excluding carboxylic acids is 4. The molecule has 0 saturated heterocycles. The van der Waals surface area contributed by atoms with E-state index < -0.39 is 41.6 Å². The quantitative estimate of drug-likeness (QED) is 0.0704. The standard InChI is InChI=1S/C26H43N9O4/c1-6-15(2)20(23(37)33-19(22(29)36)8-7-13-32-26(30)31)35(5)25(39)18(24(38)34(3)4)14-16-9-11-17(12-10-16)21(27)28/h9-12,15,18-20H,6-8,13-14H2,1-5H3,(H3,27,28)(H2,29,36)(H,33,37)(H4,30,31,32)/t15?,18?,19-,20?/m0/s1. The van der Waals surface area contributed by atoms with Crippen LogP contribution in [-0.4, -0.2) is 85.0 Å². The van der Waals surface area contributed by atoms with E-state index in [4.69, 9.17) is 28.3 Å². The first-order valence-electron chi connectivity index (χ1n) is 12.8. The number of primary amides is 1. The van der Waals surface area contributed by atoms with Crippen LogP contribution in [0.4, 0.5) is 0 Å². The molecule has 0 fully saturated rings. The Morgan fingerprint density at radius 2 is 1.59 bits per heavy atom. The van der Waals surface area contributed by atoms with Gasteiger partial charge in [0.1, 0.15) is 23.8 Å². The van der Waals surface area contributed by atoms with Gasteiger partial charge in [-0.3, -0.25) is 29.6 Å². The fraction of sp³-hybridized carbons (Fsp3) is 0.538. The van der Waals surface area contributed by atoms with Gasteiger partial charge < -0.3 is 38.1 Å². The van der Waals surface area contributed by atoms with E-state index in [2.05, 4.69) is 10.3 Å². The Morgan fingerprint density at radius 3 is 2.05 bits per heavy atom. The zero-order valence-corrected chi connectivity index (χ0v) is 23.4. The van der Waals surface area contributed by atoms with Crippen molar-refractivity contribution in [2.24, 2.45) is 39.8 Å². The number of carbonyl (C=O) groups is 4. The lowest BCUT2D eigenvalue weighted by molar-refractivity contribution is -0.150. The molecule has 0 heterocycles. The molecular formula is C26H43N9O4. The normalized spacial score (nSPS) is 13.8. The number of rotatable bonds is 15. The molecule has 0 saturated carbocycles. The van der Waals surface area contributed by atoms with Gasteiger partial charge in [0.05, 0.1) is 0 Å². The number of nitrogen functional groups attached to an aromatic ring is 1. The van der Waals surface area contributed by atoms with E-state index in [1.807, 2.05) is 13.8 Å². The van der Waals surface area contributed by atoms with Crippen molar-refractivity contribution in [1.29, 1.82) is 5.41 Å². The zero-order valence-electron chi connectivity index (χ0n) is 23.4. The second-order valence-electron chi connectivity index (χ2n) is 9.79. The molecule has 4 atom stereocenters. The van der Waals surface area contributed by atoms with E-state index >= 15 is 0 Å². The number of guanidine groups is 1. The molecule has 4 amide bonds.